The molecule has 0 unspecified atom stereocenters. The van der Waals surface area contributed by atoms with Gasteiger partial charge in [-0.2, -0.15) is 0 Å². The Morgan fingerprint density at radius 2 is 0.905 bits per heavy atom. The zero-order valence-corrected chi connectivity index (χ0v) is 41.5. The highest BCUT2D eigenvalue weighted by Gasteiger charge is 2.44. The predicted molar refractivity (Wildman–Crippen MR) is 277 cm³/mol. The van der Waals surface area contributed by atoms with Crippen molar-refractivity contribution in [1.29, 1.82) is 0 Å². The second kappa shape index (κ2) is 14.4. The highest BCUT2D eigenvalue weighted by Crippen LogP contribution is 2.48. The van der Waals surface area contributed by atoms with Crippen molar-refractivity contribution in [1.82, 2.24) is 4.98 Å². The van der Waals surface area contributed by atoms with Crippen LogP contribution in [-0.4, -0.2) is 11.7 Å². The van der Waals surface area contributed by atoms with Crippen molar-refractivity contribution in [2.75, 3.05) is 9.80 Å². The lowest BCUT2D eigenvalue weighted by Gasteiger charge is -2.45. The van der Waals surface area contributed by atoms with E-state index < -0.39 is 0 Å². The first kappa shape index (κ1) is 43.1. The van der Waals surface area contributed by atoms with Gasteiger partial charge in [-0.05, 0) is 138 Å². The normalized spacial score (nSPS) is 14.3. The van der Waals surface area contributed by atoms with Crippen LogP contribution in [-0.2, 0) is 27.1 Å². The lowest BCUT2D eigenvalue weighted by Crippen LogP contribution is -2.61. The van der Waals surface area contributed by atoms with Crippen LogP contribution >= 0.6 is 11.3 Å². The van der Waals surface area contributed by atoms with Crippen LogP contribution in [0.1, 0.15) is 137 Å². The third-order valence-electron chi connectivity index (χ3n) is 13.5. The smallest absolute Gasteiger partial charge is 0.252 e. The van der Waals surface area contributed by atoms with Gasteiger partial charge in [-0.1, -0.05) is 158 Å². The molecule has 322 valence electrons. The maximum absolute atomic E-state index is 5.43. The number of fused-ring (bicyclic) bond motifs is 5. The molecule has 63 heavy (non-hydrogen) atoms. The highest BCUT2D eigenvalue weighted by atomic mass is 32.1. The number of anilines is 6. The molecular weight excluding hydrogens is 782 g/mol. The molecule has 0 bridgehead atoms. The Morgan fingerprint density at radius 3 is 1.43 bits per heavy atom. The minimum Gasteiger partial charge on any atom is -0.311 e. The molecular formula is C58H66BN3S. The molecule has 3 heterocycles. The number of aromatic nitrogens is 1. The van der Waals surface area contributed by atoms with Crippen molar-refractivity contribution in [3.05, 3.63) is 143 Å². The molecule has 6 aromatic carbocycles. The largest absolute Gasteiger partial charge is 0.311 e. The number of benzene rings is 6. The van der Waals surface area contributed by atoms with Crippen LogP contribution < -0.4 is 26.2 Å². The summed E-state index contributed by atoms with van der Waals surface area (Å²) in [6.45, 7) is 37.1. The average molecular weight is 848 g/mol. The van der Waals surface area contributed by atoms with Crippen LogP contribution in [0.4, 0.5) is 34.1 Å². The molecule has 0 radical (unpaired) electrons. The van der Waals surface area contributed by atoms with Gasteiger partial charge >= 0.3 is 0 Å². The molecule has 0 atom stereocenters. The van der Waals surface area contributed by atoms with Gasteiger partial charge in [0.25, 0.3) is 6.71 Å². The molecule has 0 aliphatic carbocycles. The van der Waals surface area contributed by atoms with Crippen LogP contribution in [0, 0.1) is 6.92 Å². The standard InChI is InChI=1S/C58H66BN3S/c1-35-27-49-52-50(28-35)62(43-30-40(57(11,12)13)29-41(31-43)58(14,15)16)48-34-46-51(63-53(60-46)36-17-19-37(20-18-36)54(2,3)4)33-45(48)59(52)44-32-39(56(8,9)10)23-26-47(44)61(49)42-24-21-38(22-25-42)55(5,6)7/h17-34H,1-16H3. The van der Waals surface area contributed by atoms with E-state index in [9.17, 15) is 0 Å². The fourth-order valence-corrected chi connectivity index (χ4v) is 10.5. The lowest BCUT2D eigenvalue weighted by molar-refractivity contribution is 0.568. The van der Waals surface area contributed by atoms with E-state index in [4.69, 9.17) is 4.98 Å². The van der Waals surface area contributed by atoms with Gasteiger partial charge in [-0.15, -0.1) is 11.3 Å². The van der Waals surface area contributed by atoms with Crippen LogP contribution in [0.2, 0.25) is 0 Å². The molecule has 0 saturated carbocycles. The summed E-state index contributed by atoms with van der Waals surface area (Å²) in [7, 11) is 0. The summed E-state index contributed by atoms with van der Waals surface area (Å²) < 4.78 is 1.22. The second-order valence-corrected chi connectivity index (χ2v) is 24.7. The molecule has 0 fully saturated rings. The summed E-state index contributed by atoms with van der Waals surface area (Å²) in [5.41, 5.74) is 21.5. The second-order valence-electron chi connectivity index (χ2n) is 23.6. The minimum absolute atomic E-state index is 0.0122. The Morgan fingerprint density at radius 1 is 0.429 bits per heavy atom. The summed E-state index contributed by atoms with van der Waals surface area (Å²) in [5.74, 6) is 0. The number of hydrogen-bond acceptors (Lipinski definition) is 4. The molecule has 9 rings (SSSR count). The van der Waals surface area contributed by atoms with Gasteiger partial charge in [0.05, 0.1) is 10.2 Å². The molecule has 3 nitrogen and oxygen atoms in total. The summed E-state index contributed by atoms with van der Waals surface area (Å²) >= 11 is 1.81. The molecule has 0 amide bonds. The zero-order valence-electron chi connectivity index (χ0n) is 40.7. The zero-order chi connectivity index (χ0) is 45.3. The van der Waals surface area contributed by atoms with E-state index >= 15 is 0 Å². The van der Waals surface area contributed by atoms with Gasteiger partial charge in [-0.25, -0.2) is 4.98 Å². The summed E-state index contributed by atoms with van der Waals surface area (Å²) in [6, 6.07) is 42.8. The van der Waals surface area contributed by atoms with Crippen molar-refractivity contribution < 1.29 is 0 Å². The van der Waals surface area contributed by atoms with E-state index in [-0.39, 0.29) is 33.8 Å². The Balaban J connectivity index is 1.37. The van der Waals surface area contributed by atoms with Gasteiger partial charge in [0, 0.05) is 39.7 Å². The van der Waals surface area contributed by atoms with Crippen molar-refractivity contribution in [2.24, 2.45) is 0 Å². The Labute approximate surface area is 382 Å². The molecule has 2 aliphatic rings. The first-order valence-corrected chi connectivity index (χ1v) is 23.8. The Bertz CT molecular complexity index is 2890. The molecule has 5 heteroatoms. The maximum atomic E-state index is 5.43. The number of hydrogen-bond donors (Lipinski definition) is 0. The topological polar surface area (TPSA) is 19.4 Å². The fourth-order valence-electron chi connectivity index (χ4n) is 9.53. The Kier molecular flexibility index (Phi) is 9.89. The number of rotatable bonds is 3. The van der Waals surface area contributed by atoms with E-state index in [0.717, 1.165) is 10.5 Å². The SMILES string of the molecule is Cc1cc2c3c(c1)N(c1cc(C(C)(C)C)cc(C(C)(C)C)c1)c1cc4nc(-c5ccc(C(C)(C)C)cc5)sc4cc1B3c1cc(C(C)(C)C)ccc1N2c1ccc(C(C)(C)C)cc1. The van der Waals surface area contributed by atoms with Crippen molar-refractivity contribution in [2.45, 2.75) is 138 Å². The average Bonchev–Trinajstić information content (AvgIpc) is 3.61. The van der Waals surface area contributed by atoms with Gasteiger partial charge in [0.15, 0.2) is 0 Å². The van der Waals surface area contributed by atoms with E-state index in [2.05, 4.69) is 230 Å². The fraction of sp³-hybridized carbons (Fsp3) is 0.362. The predicted octanol–water partition coefficient (Wildman–Crippen LogP) is 14.8. The lowest BCUT2D eigenvalue weighted by atomic mass is 9.33. The molecule has 7 aromatic rings. The summed E-state index contributed by atoms with van der Waals surface area (Å²) in [5, 5.41) is 1.06. The van der Waals surface area contributed by atoms with Gasteiger partial charge < -0.3 is 9.80 Å². The van der Waals surface area contributed by atoms with Gasteiger partial charge in [0.1, 0.15) is 5.01 Å². The number of thiazole rings is 1. The summed E-state index contributed by atoms with van der Waals surface area (Å²) in [6.07, 6.45) is 0. The van der Waals surface area contributed by atoms with E-state index in [1.54, 1.807) is 0 Å². The van der Waals surface area contributed by atoms with Crippen LogP contribution in [0.5, 0.6) is 0 Å². The third kappa shape index (κ3) is 7.62. The number of aryl methyl sites for hydroxylation is 1. The van der Waals surface area contributed by atoms with Crippen molar-refractivity contribution >= 4 is 78.8 Å². The van der Waals surface area contributed by atoms with E-state index in [1.165, 1.54) is 94.2 Å². The minimum atomic E-state index is -0.0438. The van der Waals surface area contributed by atoms with Crippen LogP contribution in [0.25, 0.3) is 20.8 Å². The first-order chi connectivity index (χ1) is 29.3. The van der Waals surface area contributed by atoms with Crippen LogP contribution in [0.15, 0.2) is 109 Å². The molecule has 0 spiro atoms. The molecule has 1 aromatic heterocycles. The molecule has 0 N–H and O–H groups in total. The monoisotopic (exact) mass is 848 g/mol. The van der Waals surface area contributed by atoms with Gasteiger partial charge in [-0.3, -0.25) is 0 Å². The van der Waals surface area contributed by atoms with Crippen molar-refractivity contribution in [3.63, 3.8) is 0 Å². The van der Waals surface area contributed by atoms with Gasteiger partial charge in [0.2, 0.25) is 0 Å². The van der Waals surface area contributed by atoms with Crippen LogP contribution in [0.3, 0.4) is 0 Å². The first-order valence-electron chi connectivity index (χ1n) is 23.0. The Hall–Kier alpha value is -5.13. The molecule has 2 aliphatic heterocycles. The van der Waals surface area contributed by atoms with E-state index in [0.29, 0.717) is 0 Å². The third-order valence-corrected chi connectivity index (χ3v) is 14.6. The highest BCUT2D eigenvalue weighted by molar-refractivity contribution is 7.21. The maximum Gasteiger partial charge on any atom is 0.252 e. The quantitative estimate of drug-likeness (QED) is 0.165. The van der Waals surface area contributed by atoms with Crippen molar-refractivity contribution in [3.8, 4) is 10.6 Å². The summed E-state index contributed by atoms with van der Waals surface area (Å²) in [4.78, 5) is 10.6. The number of nitrogens with zero attached hydrogens (tertiary/aromatic N) is 3. The van der Waals surface area contributed by atoms with E-state index in [1.807, 2.05) is 11.3 Å². The molecule has 0 saturated heterocycles.